The van der Waals surface area contributed by atoms with Crippen molar-refractivity contribution in [2.45, 2.75) is 19.8 Å². The molecule has 120 valence electrons. The summed E-state index contributed by atoms with van der Waals surface area (Å²) in [5, 5.41) is 7.29. The average Bonchev–Trinajstić information content (AvgIpc) is 2.97. The fourth-order valence-corrected chi connectivity index (χ4v) is 2.60. The highest BCUT2D eigenvalue weighted by Gasteiger charge is 2.09. The zero-order chi connectivity index (χ0) is 16.7. The van der Waals surface area contributed by atoms with Crippen molar-refractivity contribution >= 4 is 34.1 Å². The number of aromatic nitrogens is 1. The number of hydrogen-bond acceptors (Lipinski definition) is 5. The van der Waals surface area contributed by atoms with Crippen LogP contribution in [0.4, 0.5) is 5.13 Å². The molecule has 0 unspecified atom stereocenters. The Morgan fingerprint density at radius 2 is 1.87 bits per heavy atom. The van der Waals surface area contributed by atoms with Gasteiger partial charge >= 0.3 is 0 Å². The van der Waals surface area contributed by atoms with Crippen LogP contribution in [0.5, 0.6) is 0 Å². The lowest BCUT2D eigenvalue weighted by Crippen LogP contribution is -2.28. The minimum Gasteiger partial charge on any atom is -0.355 e. The van der Waals surface area contributed by atoms with Crippen molar-refractivity contribution in [3.05, 3.63) is 47.0 Å². The predicted molar refractivity (Wildman–Crippen MR) is 88.5 cm³/mol. The van der Waals surface area contributed by atoms with Gasteiger partial charge in [0.05, 0.1) is 6.42 Å². The number of carbonyl (C=O) groups is 3. The first-order valence-corrected chi connectivity index (χ1v) is 7.99. The van der Waals surface area contributed by atoms with E-state index in [4.69, 9.17) is 0 Å². The maximum atomic E-state index is 11.8. The van der Waals surface area contributed by atoms with Gasteiger partial charge in [0, 0.05) is 25.3 Å². The Labute approximate surface area is 137 Å². The van der Waals surface area contributed by atoms with Gasteiger partial charge in [0.1, 0.15) is 5.69 Å². The monoisotopic (exact) mass is 331 g/mol. The third-order valence-electron chi connectivity index (χ3n) is 2.99. The molecule has 0 spiro atoms. The zero-order valence-electron chi connectivity index (χ0n) is 12.7. The molecule has 2 aromatic rings. The van der Waals surface area contributed by atoms with Gasteiger partial charge in [0.15, 0.2) is 10.9 Å². The molecule has 0 aliphatic carbocycles. The Morgan fingerprint density at radius 3 is 2.52 bits per heavy atom. The van der Waals surface area contributed by atoms with Crippen LogP contribution in [0.3, 0.4) is 0 Å². The number of amides is 2. The van der Waals surface area contributed by atoms with E-state index in [0.717, 1.165) is 5.56 Å². The number of carbonyl (C=O) groups excluding carboxylic acids is 3. The second-order valence-corrected chi connectivity index (χ2v) is 5.76. The average molecular weight is 331 g/mol. The van der Waals surface area contributed by atoms with Gasteiger partial charge in [-0.15, -0.1) is 11.3 Å². The number of nitrogens with one attached hydrogen (secondary N) is 2. The smallest absolute Gasteiger partial charge is 0.227 e. The molecule has 1 aromatic heterocycles. The number of nitrogens with zero attached hydrogens (tertiary/aromatic N) is 1. The van der Waals surface area contributed by atoms with Crippen LogP contribution in [0.25, 0.3) is 0 Å². The van der Waals surface area contributed by atoms with Crippen molar-refractivity contribution in [1.29, 1.82) is 0 Å². The highest BCUT2D eigenvalue weighted by Crippen LogP contribution is 2.15. The Bertz CT molecular complexity index is 698. The van der Waals surface area contributed by atoms with Gasteiger partial charge in [-0.3, -0.25) is 14.4 Å². The molecule has 6 nitrogen and oxygen atoms in total. The second kappa shape index (κ2) is 8.19. The van der Waals surface area contributed by atoms with Gasteiger partial charge < -0.3 is 10.6 Å². The first kappa shape index (κ1) is 16.8. The van der Waals surface area contributed by atoms with Crippen molar-refractivity contribution in [1.82, 2.24) is 10.3 Å². The lowest BCUT2D eigenvalue weighted by molar-refractivity contribution is -0.120. The van der Waals surface area contributed by atoms with Crippen molar-refractivity contribution in [3.63, 3.8) is 0 Å². The summed E-state index contributed by atoms with van der Waals surface area (Å²) in [7, 11) is 0. The van der Waals surface area contributed by atoms with Crippen LogP contribution in [0.2, 0.25) is 0 Å². The summed E-state index contributed by atoms with van der Waals surface area (Å²) in [6.45, 7) is 1.67. The standard InChI is InChI=1S/C16H17N3O3S/c1-11(20)13-10-23-16(18-13)19-14(21)7-8-17-15(22)9-12-5-3-2-4-6-12/h2-6,10H,7-9H2,1H3,(H,17,22)(H,18,19,21). The van der Waals surface area contributed by atoms with Crippen LogP contribution in [0, 0.1) is 0 Å². The summed E-state index contributed by atoms with van der Waals surface area (Å²) in [5.41, 5.74) is 1.26. The topological polar surface area (TPSA) is 88.2 Å². The summed E-state index contributed by atoms with van der Waals surface area (Å²) in [4.78, 5) is 38.6. The largest absolute Gasteiger partial charge is 0.355 e. The normalized spacial score (nSPS) is 10.1. The first-order chi connectivity index (χ1) is 11.0. The van der Waals surface area contributed by atoms with Crippen LogP contribution in [0.15, 0.2) is 35.7 Å². The SMILES string of the molecule is CC(=O)c1csc(NC(=O)CCNC(=O)Cc2ccccc2)n1. The van der Waals surface area contributed by atoms with E-state index < -0.39 is 0 Å². The molecule has 1 heterocycles. The number of Topliss-reactive ketones (excluding diaryl/α,β-unsaturated/α-hetero) is 1. The van der Waals surface area contributed by atoms with E-state index in [-0.39, 0.29) is 37.0 Å². The summed E-state index contributed by atoms with van der Waals surface area (Å²) in [6.07, 6.45) is 0.437. The zero-order valence-corrected chi connectivity index (χ0v) is 13.5. The number of benzene rings is 1. The van der Waals surface area contributed by atoms with Crippen LogP contribution in [0.1, 0.15) is 29.4 Å². The summed E-state index contributed by atoms with van der Waals surface area (Å²) in [6, 6.07) is 9.39. The van der Waals surface area contributed by atoms with Gasteiger partial charge in [-0.25, -0.2) is 4.98 Å². The van der Waals surface area contributed by atoms with Crippen LogP contribution in [-0.2, 0) is 16.0 Å². The Kier molecular flexibility index (Phi) is 5.99. The van der Waals surface area contributed by atoms with Crippen molar-refractivity contribution in [2.24, 2.45) is 0 Å². The summed E-state index contributed by atoms with van der Waals surface area (Å²) < 4.78 is 0. The van der Waals surface area contributed by atoms with E-state index in [1.54, 1.807) is 5.38 Å². The minimum absolute atomic E-state index is 0.128. The third kappa shape index (κ3) is 5.63. The van der Waals surface area contributed by atoms with Gasteiger partial charge in [-0.05, 0) is 5.56 Å². The molecule has 7 heteroatoms. The van der Waals surface area contributed by atoms with Crippen molar-refractivity contribution in [3.8, 4) is 0 Å². The van der Waals surface area contributed by atoms with E-state index in [9.17, 15) is 14.4 Å². The Morgan fingerprint density at radius 1 is 1.13 bits per heavy atom. The molecule has 23 heavy (non-hydrogen) atoms. The third-order valence-corrected chi connectivity index (χ3v) is 3.75. The van der Waals surface area contributed by atoms with Crippen molar-refractivity contribution in [2.75, 3.05) is 11.9 Å². The minimum atomic E-state index is -0.255. The second-order valence-electron chi connectivity index (χ2n) is 4.90. The molecule has 2 amide bonds. The molecule has 0 aliphatic heterocycles. The molecule has 2 rings (SSSR count). The molecule has 0 aliphatic rings. The molecule has 0 atom stereocenters. The lowest BCUT2D eigenvalue weighted by atomic mass is 10.1. The Balaban J connectivity index is 1.70. The molecule has 1 aromatic carbocycles. The first-order valence-electron chi connectivity index (χ1n) is 7.11. The fourth-order valence-electron chi connectivity index (χ4n) is 1.83. The predicted octanol–water partition coefficient (Wildman–Crippen LogP) is 2.03. The van der Waals surface area contributed by atoms with Gasteiger partial charge in [-0.1, -0.05) is 30.3 Å². The van der Waals surface area contributed by atoms with Gasteiger partial charge in [0.25, 0.3) is 0 Å². The summed E-state index contributed by atoms with van der Waals surface area (Å²) >= 11 is 1.20. The molecule has 0 radical (unpaired) electrons. The maximum absolute atomic E-state index is 11.8. The summed E-state index contributed by atoms with van der Waals surface area (Å²) in [5.74, 6) is -0.526. The molecule has 0 saturated carbocycles. The van der Waals surface area contributed by atoms with Crippen LogP contribution >= 0.6 is 11.3 Å². The fraction of sp³-hybridized carbons (Fsp3) is 0.250. The van der Waals surface area contributed by atoms with Gasteiger partial charge in [-0.2, -0.15) is 0 Å². The number of thiazole rings is 1. The van der Waals surface area contributed by atoms with E-state index in [2.05, 4.69) is 15.6 Å². The van der Waals surface area contributed by atoms with Crippen LogP contribution in [-0.4, -0.2) is 29.1 Å². The number of ketones is 1. The van der Waals surface area contributed by atoms with E-state index >= 15 is 0 Å². The van der Waals surface area contributed by atoms with E-state index in [1.807, 2.05) is 30.3 Å². The van der Waals surface area contributed by atoms with E-state index in [0.29, 0.717) is 10.8 Å². The molecule has 0 fully saturated rings. The molecular weight excluding hydrogens is 314 g/mol. The Hall–Kier alpha value is -2.54. The van der Waals surface area contributed by atoms with Crippen molar-refractivity contribution < 1.29 is 14.4 Å². The lowest BCUT2D eigenvalue weighted by Gasteiger charge is -2.05. The molecular formula is C16H17N3O3S. The highest BCUT2D eigenvalue weighted by atomic mass is 32.1. The number of anilines is 1. The highest BCUT2D eigenvalue weighted by molar-refractivity contribution is 7.14. The van der Waals surface area contributed by atoms with Gasteiger partial charge in [0.2, 0.25) is 11.8 Å². The number of hydrogen-bond donors (Lipinski definition) is 2. The quantitative estimate of drug-likeness (QED) is 0.760. The molecule has 2 N–H and O–H groups in total. The van der Waals surface area contributed by atoms with Crippen LogP contribution < -0.4 is 10.6 Å². The van der Waals surface area contributed by atoms with E-state index in [1.165, 1.54) is 18.3 Å². The maximum Gasteiger partial charge on any atom is 0.227 e. The number of rotatable bonds is 7. The molecule has 0 bridgehead atoms. The molecule has 0 saturated heterocycles.